The van der Waals surface area contributed by atoms with Gasteiger partial charge in [-0.1, -0.05) is 212 Å². The molecule has 0 aliphatic rings. The van der Waals surface area contributed by atoms with Gasteiger partial charge in [-0.15, -0.1) is 0 Å². The number of unbranched alkanes of at least 4 members (excludes halogenated alkanes) is 14. The Morgan fingerprint density at radius 1 is 0.361 bits per heavy atom. The fraction of sp³-hybridized carbons (Fsp3) is 0.545. The van der Waals surface area contributed by atoms with E-state index in [4.69, 9.17) is 14.2 Å². The summed E-state index contributed by atoms with van der Waals surface area (Å²) >= 11 is 0. The van der Waals surface area contributed by atoms with Crippen molar-refractivity contribution in [3.05, 3.63) is 134 Å². The van der Waals surface area contributed by atoms with Crippen molar-refractivity contribution in [1.82, 2.24) is 0 Å². The summed E-state index contributed by atoms with van der Waals surface area (Å²) in [5.74, 6) is -1.08. The molecule has 1 atom stereocenters. The van der Waals surface area contributed by atoms with Crippen LogP contribution in [-0.2, 0) is 28.6 Å². The topological polar surface area (TPSA) is 78.9 Å². The standard InChI is InChI=1S/C55H84O6/c1-4-7-10-13-16-19-22-25-26-27-28-31-33-36-39-42-45-48-54(57)60-51-52(61-55(58)49-46-43-40-37-34-30-24-21-18-15-12-9-6-3)50-59-53(56)47-44-41-38-35-32-29-23-20-17-14-11-8-5-2/h7,9-10,12-13,15-16,18-19,21-22,24-29,31-33,38,41,52H,4-6,8,11,14,17,20,23,30,34-37,39-40,42-51H2,1-3H3/b10-7+,12-9+,16-13+,18-15+,22-19+,24-21+,26-25+,28-27+,32-29+,33-31+,41-38+. The lowest BCUT2D eigenvalue weighted by molar-refractivity contribution is -0.166. The number of hydrogen-bond donors (Lipinski definition) is 0. The summed E-state index contributed by atoms with van der Waals surface area (Å²) in [6.45, 7) is 6.21. The van der Waals surface area contributed by atoms with Crippen molar-refractivity contribution in [2.45, 2.75) is 181 Å². The molecule has 6 heteroatoms. The number of ether oxygens (including phenoxy) is 3. The molecule has 0 spiro atoms. The first-order valence-electron chi connectivity index (χ1n) is 23.8. The largest absolute Gasteiger partial charge is 0.462 e. The van der Waals surface area contributed by atoms with Crippen LogP contribution < -0.4 is 0 Å². The second kappa shape index (κ2) is 48.2. The van der Waals surface area contributed by atoms with Gasteiger partial charge < -0.3 is 14.2 Å². The molecular formula is C55H84O6. The maximum atomic E-state index is 12.7. The molecule has 0 saturated heterocycles. The highest BCUT2D eigenvalue weighted by Crippen LogP contribution is 2.11. The normalized spacial score (nSPS) is 13.3. The first-order valence-corrected chi connectivity index (χ1v) is 23.8. The molecule has 6 nitrogen and oxygen atoms in total. The molecule has 0 saturated carbocycles. The van der Waals surface area contributed by atoms with Crippen LogP contribution in [0, 0.1) is 0 Å². The van der Waals surface area contributed by atoms with Gasteiger partial charge in [0.1, 0.15) is 13.2 Å². The number of esters is 3. The minimum atomic E-state index is -0.833. The number of hydrogen-bond acceptors (Lipinski definition) is 6. The van der Waals surface area contributed by atoms with E-state index in [1.54, 1.807) is 0 Å². The van der Waals surface area contributed by atoms with Crippen LogP contribution in [0.1, 0.15) is 175 Å². The molecule has 0 aromatic carbocycles. The number of carbonyl (C=O) groups excluding carboxylic acids is 3. The zero-order valence-corrected chi connectivity index (χ0v) is 38.6. The quantitative estimate of drug-likeness (QED) is 0.0201. The van der Waals surface area contributed by atoms with Crippen molar-refractivity contribution < 1.29 is 28.6 Å². The first-order chi connectivity index (χ1) is 30.0. The molecule has 0 radical (unpaired) electrons. The molecule has 0 bridgehead atoms. The molecule has 0 fully saturated rings. The predicted octanol–water partition coefficient (Wildman–Crippen LogP) is 15.5. The molecule has 0 aliphatic heterocycles. The molecule has 0 N–H and O–H groups in total. The van der Waals surface area contributed by atoms with E-state index in [1.807, 2.05) is 72.9 Å². The molecule has 0 aliphatic carbocycles. The summed E-state index contributed by atoms with van der Waals surface area (Å²) in [5, 5.41) is 0. The van der Waals surface area contributed by atoms with E-state index in [9.17, 15) is 14.4 Å². The Morgan fingerprint density at radius 2 is 0.738 bits per heavy atom. The lowest BCUT2D eigenvalue weighted by atomic mass is 10.1. The van der Waals surface area contributed by atoms with E-state index >= 15 is 0 Å². The molecule has 0 rings (SSSR count). The van der Waals surface area contributed by atoms with Gasteiger partial charge in [0.25, 0.3) is 0 Å². The van der Waals surface area contributed by atoms with Gasteiger partial charge in [0.2, 0.25) is 0 Å². The van der Waals surface area contributed by atoms with Crippen molar-refractivity contribution in [1.29, 1.82) is 0 Å². The highest BCUT2D eigenvalue weighted by molar-refractivity contribution is 5.71. The maximum absolute atomic E-state index is 12.7. The second-order valence-corrected chi connectivity index (χ2v) is 15.1. The summed E-state index contributed by atoms with van der Waals surface area (Å²) in [6.07, 6.45) is 67.3. The smallest absolute Gasteiger partial charge is 0.306 e. The van der Waals surface area contributed by atoms with Gasteiger partial charge in [0.05, 0.1) is 0 Å². The van der Waals surface area contributed by atoms with Crippen LogP contribution in [0.3, 0.4) is 0 Å². The van der Waals surface area contributed by atoms with Gasteiger partial charge in [-0.2, -0.15) is 0 Å². The van der Waals surface area contributed by atoms with Gasteiger partial charge in [0.15, 0.2) is 6.10 Å². The van der Waals surface area contributed by atoms with E-state index < -0.39 is 6.10 Å². The molecule has 0 aromatic rings. The highest BCUT2D eigenvalue weighted by Gasteiger charge is 2.19. The zero-order valence-electron chi connectivity index (χ0n) is 38.6. The summed E-state index contributed by atoms with van der Waals surface area (Å²) in [5.41, 5.74) is 0. The Labute approximate surface area is 373 Å². The lowest BCUT2D eigenvalue weighted by Gasteiger charge is -2.18. The average molecular weight is 841 g/mol. The van der Waals surface area contributed by atoms with Crippen LogP contribution >= 0.6 is 0 Å². The molecule has 0 aromatic heterocycles. The lowest BCUT2D eigenvalue weighted by Crippen LogP contribution is -2.30. The van der Waals surface area contributed by atoms with Crippen LogP contribution in [0.2, 0.25) is 0 Å². The summed E-state index contributed by atoms with van der Waals surface area (Å²) in [6, 6.07) is 0. The van der Waals surface area contributed by atoms with Gasteiger partial charge in [-0.25, -0.2) is 0 Å². The third kappa shape index (κ3) is 46.5. The Hall–Kier alpha value is -4.45. The van der Waals surface area contributed by atoms with E-state index in [0.717, 1.165) is 83.5 Å². The fourth-order valence-corrected chi connectivity index (χ4v) is 5.82. The van der Waals surface area contributed by atoms with Gasteiger partial charge in [-0.05, 0) is 77.0 Å². The summed E-state index contributed by atoms with van der Waals surface area (Å²) in [7, 11) is 0. The number of allylic oxidation sites excluding steroid dienone is 22. The van der Waals surface area contributed by atoms with E-state index in [1.165, 1.54) is 38.5 Å². The van der Waals surface area contributed by atoms with Crippen LogP contribution in [0.25, 0.3) is 0 Å². The van der Waals surface area contributed by atoms with Gasteiger partial charge >= 0.3 is 17.9 Å². The number of rotatable bonds is 40. The predicted molar refractivity (Wildman–Crippen MR) is 260 cm³/mol. The molecule has 0 amide bonds. The monoisotopic (exact) mass is 841 g/mol. The molecular weight excluding hydrogens is 757 g/mol. The van der Waals surface area contributed by atoms with Crippen LogP contribution in [0.5, 0.6) is 0 Å². The van der Waals surface area contributed by atoms with Gasteiger partial charge in [0, 0.05) is 19.3 Å². The van der Waals surface area contributed by atoms with Crippen LogP contribution in [-0.4, -0.2) is 37.2 Å². The second-order valence-electron chi connectivity index (χ2n) is 15.1. The Bertz CT molecular complexity index is 1380. The average Bonchev–Trinajstić information content (AvgIpc) is 3.26. The summed E-state index contributed by atoms with van der Waals surface area (Å²) in [4.78, 5) is 37.8. The maximum Gasteiger partial charge on any atom is 0.306 e. The summed E-state index contributed by atoms with van der Waals surface area (Å²) < 4.78 is 16.6. The highest BCUT2D eigenvalue weighted by atomic mass is 16.6. The van der Waals surface area contributed by atoms with E-state index in [0.29, 0.717) is 12.8 Å². The first kappa shape index (κ1) is 56.5. The zero-order chi connectivity index (χ0) is 44.4. The van der Waals surface area contributed by atoms with Gasteiger partial charge in [-0.3, -0.25) is 14.4 Å². The Morgan fingerprint density at radius 3 is 1.25 bits per heavy atom. The van der Waals surface area contributed by atoms with Crippen molar-refractivity contribution in [3.8, 4) is 0 Å². The third-order valence-corrected chi connectivity index (χ3v) is 9.36. The fourth-order valence-electron chi connectivity index (χ4n) is 5.82. The van der Waals surface area contributed by atoms with Crippen LogP contribution in [0.15, 0.2) is 134 Å². The van der Waals surface area contributed by atoms with E-state index in [-0.39, 0.29) is 50.4 Å². The van der Waals surface area contributed by atoms with Crippen molar-refractivity contribution >= 4 is 17.9 Å². The molecule has 61 heavy (non-hydrogen) atoms. The molecule has 0 heterocycles. The van der Waals surface area contributed by atoms with Crippen molar-refractivity contribution in [3.63, 3.8) is 0 Å². The van der Waals surface area contributed by atoms with Crippen molar-refractivity contribution in [2.75, 3.05) is 13.2 Å². The Kier molecular flexibility index (Phi) is 44.7. The molecule has 1 unspecified atom stereocenters. The minimum absolute atomic E-state index is 0.132. The third-order valence-electron chi connectivity index (χ3n) is 9.36. The van der Waals surface area contributed by atoms with Crippen molar-refractivity contribution in [2.24, 2.45) is 0 Å². The number of carbonyl (C=O) groups is 3. The Balaban J connectivity index is 4.61. The minimum Gasteiger partial charge on any atom is -0.462 e. The molecule has 340 valence electrons. The van der Waals surface area contributed by atoms with Crippen LogP contribution in [0.4, 0.5) is 0 Å². The SMILES string of the molecule is CC/C=C/C=C/C=C/C=C/C=C/C=C/CCCCCC(=O)OCC(COC(=O)CC/C=C/C/C=C/CCCCCCCC)OC(=O)CCCCCCC/C=C/C=C/C=C/CC. The van der Waals surface area contributed by atoms with E-state index in [2.05, 4.69) is 81.5 Å².